The molecular formula is C11H22O. The molecule has 0 aromatic carbocycles. The van der Waals surface area contributed by atoms with E-state index in [9.17, 15) is 4.79 Å². The Morgan fingerprint density at radius 2 is 1.42 bits per heavy atom. The van der Waals surface area contributed by atoms with Crippen LogP contribution in [-0.4, -0.2) is 5.78 Å². The molecule has 0 bridgehead atoms. The van der Waals surface area contributed by atoms with Gasteiger partial charge in [-0.1, -0.05) is 41.5 Å². The molecule has 0 radical (unpaired) electrons. The number of carbonyl (C=O) groups is 1. The first-order valence-electron chi connectivity index (χ1n) is 4.66. The van der Waals surface area contributed by atoms with E-state index in [4.69, 9.17) is 0 Å². The van der Waals surface area contributed by atoms with E-state index in [-0.39, 0.29) is 10.8 Å². The van der Waals surface area contributed by atoms with Crippen molar-refractivity contribution < 1.29 is 4.79 Å². The molecule has 0 aliphatic rings. The lowest BCUT2D eigenvalue weighted by atomic mass is 9.83. The summed E-state index contributed by atoms with van der Waals surface area (Å²) in [5.41, 5.74) is 0.117. The van der Waals surface area contributed by atoms with Crippen molar-refractivity contribution in [1.29, 1.82) is 0 Å². The highest BCUT2D eigenvalue weighted by Gasteiger charge is 2.22. The van der Waals surface area contributed by atoms with Crippen LogP contribution in [0.15, 0.2) is 0 Å². The molecule has 0 amide bonds. The fraction of sp³-hybridized carbons (Fsp3) is 0.909. The lowest BCUT2D eigenvalue weighted by molar-refractivity contribution is -0.126. The molecular weight excluding hydrogens is 148 g/mol. The molecule has 0 heterocycles. The molecule has 0 spiro atoms. The zero-order valence-electron chi connectivity index (χ0n) is 9.32. The summed E-state index contributed by atoms with van der Waals surface area (Å²) in [6.07, 6.45) is 1.70. The lowest BCUT2D eigenvalue weighted by Crippen LogP contribution is -2.21. The Labute approximate surface area is 76.6 Å². The number of hydrogen-bond donors (Lipinski definition) is 0. The van der Waals surface area contributed by atoms with Crippen molar-refractivity contribution in [3.05, 3.63) is 0 Å². The first-order chi connectivity index (χ1) is 5.13. The molecule has 0 fully saturated rings. The van der Waals surface area contributed by atoms with Crippen LogP contribution >= 0.6 is 0 Å². The van der Waals surface area contributed by atoms with Gasteiger partial charge in [0.2, 0.25) is 0 Å². The zero-order chi connectivity index (χ0) is 9.99. The second kappa shape index (κ2) is 3.59. The van der Waals surface area contributed by atoms with Gasteiger partial charge in [0.15, 0.2) is 0 Å². The van der Waals surface area contributed by atoms with Gasteiger partial charge in [-0.15, -0.1) is 0 Å². The first kappa shape index (κ1) is 11.7. The van der Waals surface area contributed by atoms with E-state index in [1.54, 1.807) is 0 Å². The van der Waals surface area contributed by atoms with Gasteiger partial charge in [0.1, 0.15) is 5.78 Å². The van der Waals surface area contributed by atoms with Crippen LogP contribution in [0.3, 0.4) is 0 Å². The van der Waals surface area contributed by atoms with Crippen LogP contribution in [0.5, 0.6) is 0 Å². The average Bonchev–Trinajstić information content (AvgIpc) is 1.78. The summed E-state index contributed by atoms with van der Waals surface area (Å²) < 4.78 is 0. The van der Waals surface area contributed by atoms with Crippen LogP contribution < -0.4 is 0 Å². The SMILES string of the molecule is CC(C)(C)CCC(=O)C(C)(C)C. The van der Waals surface area contributed by atoms with E-state index in [2.05, 4.69) is 20.8 Å². The Morgan fingerprint density at radius 1 is 1.00 bits per heavy atom. The Hall–Kier alpha value is -0.330. The number of Topliss-reactive ketones (excluding diaryl/α,β-unsaturated/α-hetero) is 1. The molecule has 0 atom stereocenters. The van der Waals surface area contributed by atoms with Gasteiger partial charge in [0, 0.05) is 11.8 Å². The quantitative estimate of drug-likeness (QED) is 0.620. The molecule has 0 aromatic heterocycles. The van der Waals surface area contributed by atoms with E-state index in [1.807, 2.05) is 20.8 Å². The standard InChI is InChI=1S/C11H22O/c1-10(2,3)8-7-9(12)11(4,5)6/h7-8H2,1-6H3. The number of rotatable bonds is 2. The summed E-state index contributed by atoms with van der Waals surface area (Å²) in [5.74, 6) is 0.373. The Balaban J connectivity index is 3.90. The summed E-state index contributed by atoms with van der Waals surface area (Å²) in [6.45, 7) is 12.5. The molecule has 0 unspecified atom stereocenters. The predicted molar refractivity (Wildman–Crippen MR) is 53.2 cm³/mol. The maximum atomic E-state index is 11.5. The van der Waals surface area contributed by atoms with Crippen LogP contribution in [0.2, 0.25) is 0 Å². The second-order valence-electron chi connectivity index (χ2n) is 5.73. The lowest BCUT2D eigenvalue weighted by Gasteiger charge is -2.21. The van der Waals surface area contributed by atoms with Gasteiger partial charge in [-0.05, 0) is 11.8 Å². The van der Waals surface area contributed by atoms with Gasteiger partial charge >= 0.3 is 0 Å². The van der Waals surface area contributed by atoms with Gasteiger partial charge in [0.05, 0.1) is 0 Å². The minimum atomic E-state index is -0.161. The summed E-state index contributed by atoms with van der Waals surface area (Å²) in [4.78, 5) is 11.5. The van der Waals surface area contributed by atoms with Crippen LogP contribution in [0, 0.1) is 10.8 Å². The fourth-order valence-corrected chi connectivity index (χ4v) is 0.864. The van der Waals surface area contributed by atoms with Crippen LogP contribution in [-0.2, 0) is 4.79 Å². The third kappa shape index (κ3) is 5.34. The molecule has 72 valence electrons. The van der Waals surface area contributed by atoms with Crippen LogP contribution in [0.4, 0.5) is 0 Å². The molecule has 0 aliphatic heterocycles. The Bertz CT molecular complexity index is 155. The third-order valence-corrected chi connectivity index (χ3v) is 1.94. The Kier molecular flexibility index (Phi) is 3.49. The molecule has 0 rings (SSSR count). The fourth-order valence-electron chi connectivity index (χ4n) is 0.864. The highest BCUT2D eigenvalue weighted by Crippen LogP contribution is 2.25. The van der Waals surface area contributed by atoms with E-state index in [1.165, 1.54) is 0 Å². The van der Waals surface area contributed by atoms with E-state index in [0.717, 1.165) is 6.42 Å². The summed E-state index contributed by atoms with van der Waals surface area (Å²) >= 11 is 0. The summed E-state index contributed by atoms with van der Waals surface area (Å²) in [6, 6.07) is 0. The number of ketones is 1. The van der Waals surface area contributed by atoms with Gasteiger partial charge < -0.3 is 0 Å². The maximum Gasteiger partial charge on any atom is 0.138 e. The van der Waals surface area contributed by atoms with Crippen molar-refractivity contribution in [2.45, 2.75) is 54.4 Å². The highest BCUT2D eigenvalue weighted by molar-refractivity contribution is 5.83. The summed E-state index contributed by atoms with van der Waals surface area (Å²) in [7, 11) is 0. The van der Waals surface area contributed by atoms with Crippen LogP contribution in [0.1, 0.15) is 54.4 Å². The molecule has 0 aliphatic carbocycles. The average molecular weight is 170 g/mol. The van der Waals surface area contributed by atoms with E-state index < -0.39 is 0 Å². The molecule has 1 heteroatoms. The molecule has 12 heavy (non-hydrogen) atoms. The van der Waals surface area contributed by atoms with Crippen molar-refractivity contribution in [2.75, 3.05) is 0 Å². The molecule has 0 saturated heterocycles. The van der Waals surface area contributed by atoms with Crippen molar-refractivity contribution >= 4 is 5.78 Å². The van der Waals surface area contributed by atoms with Crippen molar-refractivity contribution in [2.24, 2.45) is 10.8 Å². The van der Waals surface area contributed by atoms with E-state index in [0.29, 0.717) is 12.2 Å². The van der Waals surface area contributed by atoms with Gasteiger partial charge in [-0.3, -0.25) is 4.79 Å². The normalized spacial score (nSPS) is 13.2. The third-order valence-electron chi connectivity index (χ3n) is 1.94. The minimum Gasteiger partial charge on any atom is -0.299 e. The first-order valence-corrected chi connectivity index (χ1v) is 4.66. The zero-order valence-corrected chi connectivity index (χ0v) is 9.32. The van der Waals surface area contributed by atoms with Gasteiger partial charge in [-0.2, -0.15) is 0 Å². The monoisotopic (exact) mass is 170 g/mol. The largest absolute Gasteiger partial charge is 0.299 e. The van der Waals surface area contributed by atoms with Crippen LogP contribution in [0.25, 0.3) is 0 Å². The van der Waals surface area contributed by atoms with E-state index >= 15 is 0 Å². The Morgan fingerprint density at radius 3 is 1.67 bits per heavy atom. The van der Waals surface area contributed by atoms with Crippen molar-refractivity contribution in [1.82, 2.24) is 0 Å². The van der Waals surface area contributed by atoms with Crippen molar-refractivity contribution in [3.8, 4) is 0 Å². The molecule has 1 nitrogen and oxygen atoms in total. The van der Waals surface area contributed by atoms with Gasteiger partial charge in [-0.25, -0.2) is 0 Å². The van der Waals surface area contributed by atoms with Crippen molar-refractivity contribution in [3.63, 3.8) is 0 Å². The number of hydrogen-bond acceptors (Lipinski definition) is 1. The maximum absolute atomic E-state index is 11.5. The molecule has 0 N–H and O–H groups in total. The van der Waals surface area contributed by atoms with Gasteiger partial charge in [0.25, 0.3) is 0 Å². The minimum absolute atomic E-state index is 0.161. The summed E-state index contributed by atoms with van der Waals surface area (Å²) in [5, 5.41) is 0. The highest BCUT2D eigenvalue weighted by atomic mass is 16.1. The number of carbonyl (C=O) groups excluding carboxylic acids is 1. The smallest absolute Gasteiger partial charge is 0.138 e. The predicted octanol–water partition coefficient (Wildman–Crippen LogP) is 3.43. The molecule has 0 aromatic rings. The molecule has 0 saturated carbocycles. The topological polar surface area (TPSA) is 17.1 Å². The second-order valence-corrected chi connectivity index (χ2v) is 5.73.